The molecule has 7 atom stereocenters. The zero-order valence-electron chi connectivity index (χ0n) is 47.4. The maximum atomic E-state index is 13.2. The topological polar surface area (TPSA) is 158 Å². The fourth-order valence-corrected chi connectivity index (χ4v) is 13.1. The fraction of sp³-hybridized carbons (Fsp3) is 0.871. The van der Waals surface area contributed by atoms with Crippen LogP contribution in [0.2, 0.25) is 0 Å². The van der Waals surface area contributed by atoms with Crippen LogP contribution in [-0.4, -0.2) is 68.0 Å². The van der Waals surface area contributed by atoms with Gasteiger partial charge in [0, 0.05) is 37.5 Å². The molecule has 0 N–H and O–H groups in total. The van der Waals surface area contributed by atoms with E-state index in [2.05, 4.69) is 27.7 Å². The molecule has 0 aliphatic heterocycles. The Labute approximate surface area is 448 Å². The molecule has 1 unspecified atom stereocenters. The molecule has 0 amide bonds. The van der Waals surface area contributed by atoms with E-state index in [0.29, 0.717) is 24.2 Å². The first-order valence-corrected chi connectivity index (χ1v) is 30.5. The van der Waals surface area contributed by atoms with Gasteiger partial charge in [-0.05, 0) is 93.0 Å². The van der Waals surface area contributed by atoms with Crippen LogP contribution in [0, 0.1) is 34.5 Å². The number of carbonyl (C=O) groups is 6. The van der Waals surface area contributed by atoms with Crippen LogP contribution in [0.25, 0.3) is 0 Å². The summed E-state index contributed by atoms with van der Waals surface area (Å²) in [6.45, 7) is 9.74. The highest BCUT2D eigenvalue weighted by Gasteiger charge is 2.60. The summed E-state index contributed by atoms with van der Waals surface area (Å²) in [5.41, 5.74) is 1.24. The average Bonchev–Trinajstić information content (AvgIpc) is 3.70. The summed E-state index contributed by atoms with van der Waals surface area (Å²) in [5.74, 6) is -0.762. The zero-order valence-corrected chi connectivity index (χ0v) is 47.4. The summed E-state index contributed by atoms with van der Waals surface area (Å²) in [4.78, 5) is 76.6. The van der Waals surface area contributed by atoms with E-state index in [9.17, 15) is 28.8 Å². The van der Waals surface area contributed by atoms with Gasteiger partial charge in [-0.3, -0.25) is 24.0 Å². The number of hydrogen-bond donors (Lipinski definition) is 0. The third-order valence-corrected chi connectivity index (χ3v) is 17.7. The van der Waals surface area contributed by atoms with Gasteiger partial charge in [0.05, 0.1) is 0 Å². The molecule has 3 saturated carbocycles. The van der Waals surface area contributed by atoms with Gasteiger partial charge in [-0.2, -0.15) is 0 Å². The number of fused-ring (bicyclic) bond motifs is 5. The first-order valence-electron chi connectivity index (χ1n) is 30.5. The first-order chi connectivity index (χ1) is 35.8. The quantitative estimate of drug-likeness (QED) is 0.0248. The minimum atomic E-state index is -0.987. The largest absolute Gasteiger partial charge is 0.511 e. The Bertz CT molecular complexity index is 1650. The molecule has 74 heavy (non-hydrogen) atoms. The van der Waals surface area contributed by atoms with Crippen molar-refractivity contribution in [3.63, 3.8) is 0 Å². The smallest absolute Gasteiger partial charge is 0.462 e. The summed E-state index contributed by atoms with van der Waals surface area (Å²) in [5, 5.41) is 0. The third-order valence-electron chi connectivity index (χ3n) is 17.7. The monoisotopic (exact) mass is 1040 g/mol. The molecule has 4 aliphatic rings. The second kappa shape index (κ2) is 35.8. The lowest BCUT2D eigenvalue weighted by molar-refractivity contribution is -0.168. The van der Waals surface area contributed by atoms with Crippen LogP contribution in [0.3, 0.4) is 0 Å². The molecule has 3 fully saturated rings. The van der Waals surface area contributed by atoms with Crippen molar-refractivity contribution in [3.05, 3.63) is 11.6 Å². The Morgan fingerprint density at radius 2 is 1.03 bits per heavy atom. The Morgan fingerprint density at radius 3 is 1.54 bits per heavy atom. The van der Waals surface area contributed by atoms with E-state index in [1.807, 2.05) is 6.08 Å². The average molecular weight is 1040 g/mol. The lowest BCUT2D eigenvalue weighted by atomic mass is 9.47. The van der Waals surface area contributed by atoms with E-state index < -0.39 is 36.9 Å². The molecule has 0 spiro atoms. The number of unbranched alkanes of at least 4 members (excludes halogenated alkanes) is 24. The van der Waals surface area contributed by atoms with Crippen LogP contribution >= 0.6 is 0 Å². The van der Waals surface area contributed by atoms with Gasteiger partial charge in [0.2, 0.25) is 6.79 Å². The van der Waals surface area contributed by atoms with Crippen molar-refractivity contribution in [1.29, 1.82) is 0 Å². The third kappa shape index (κ3) is 23.0. The maximum absolute atomic E-state index is 13.2. The van der Waals surface area contributed by atoms with Gasteiger partial charge in [0.25, 0.3) is 0 Å². The summed E-state index contributed by atoms with van der Waals surface area (Å²) in [7, 11) is 0. The lowest BCUT2D eigenvalue weighted by Crippen LogP contribution is -2.51. The number of rotatable bonds is 40. The number of carbonyl (C=O) groups excluding carboxylic acids is 6. The maximum Gasteiger partial charge on any atom is 0.511 e. The minimum absolute atomic E-state index is 0.0727. The van der Waals surface area contributed by atoms with E-state index in [1.54, 1.807) is 6.92 Å². The van der Waals surface area contributed by atoms with Gasteiger partial charge < -0.3 is 28.4 Å². The van der Waals surface area contributed by atoms with Crippen LogP contribution in [0.5, 0.6) is 0 Å². The number of ether oxygens (including phenoxy) is 6. The Hall–Kier alpha value is -3.44. The zero-order chi connectivity index (χ0) is 53.4. The second-order valence-corrected chi connectivity index (χ2v) is 23.7. The molecule has 0 radical (unpaired) electrons. The fourth-order valence-electron chi connectivity index (χ4n) is 13.1. The van der Waals surface area contributed by atoms with Gasteiger partial charge in [-0.1, -0.05) is 194 Å². The van der Waals surface area contributed by atoms with Crippen LogP contribution in [0.4, 0.5) is 4.79 Å². The van der Waals surface area contributed by atoms with E-state index in [0.717, 1.165) is 83.5 Å². The predicted molar refractivity (Wildman–Crippen MR) is 290 cm³/mol. The molecule has 0 bridgehead atoms. The summed E-state index contributed by atoms with van der Waals surface area (Å²) >= 11 is 0. The molecular formula is C62H104O12. The van der Waals surface area contributed by atoms with Crippen LogP contribution in [0.15, 0.2) is 11.6 Å². The van der Waals surface area contributed by atoms with Crippen molar-refractivity contribution in [3.8, 4) is 0 Å². The Morgan fingerprint density at radius 1 is 0.541 bits per heavy atom. The molecular weight excluding hydrogens is 937 g/mol. The predicted octanol–water partition coefficient (Wildman–Crippen LogP) is 15.9. The van der Waals surface area contributed by atoms with Gasteiger partial charge in [-0.15, -0.1) is 0 Å². The highest BCUT2D eigenvalue weighted by Crippen LogP contribution is 2.65. The van der Waals surface area contributed by atoms with Crippen molar-refractivity contribution in [2.24, 2.45) is 34.5 Å². The highest BCUT2D eigenvalue weighted by atomic mass is 16.8. The molecule has 4 rings (SSSR count). The summed E-state index contributed by atoms with van der Waals surface area (Å²) < 4.78 is 33.1. The second-order valence-electron chi connectivity index (χ2n) is 23.7. The van der Waals surface area contributed by atoms with Gasteiger partial charge in [0.1, 0.15) is 19.3 Å². The number of esters is 4. The SMILES string of the molecule is CCCCCCCCCCCCCCCC(=O)OCC(COC(=O)CCCCCCCCCCCCCCC)OC(=O)CC(C)CC(=O)OCOC(=O)O[C@H]1CC[C@H]2[C@@H]3CCC4=CC(=O)CC[C@]4(C)[C@H]3CC[C@]12C. The lowest BCUT2D eigenvalue weighted by Gasteiger charge is -2.57. The van der Waals surface area contributed by atoms with Gasteiger partial charge in [0.15, 0.2) is 11.9 Å². The summed E-state index contributed by atoms with van der Waals surface area (Å²) in [6, 6.07) is 0. The molecule has 12 heteroatoms. The van der Waals surface area contributed by atoms with Gasteiger partial charge >= 0.3 is 30.0 Å². The van der Waals surface area contributed by atoms with E-state index in [1.165, 1.54) is 134 Å². The molecule has 12 nitrogen and oxygen atoms in total. The number of hydrogen-bond acceptors (Lipinski definition) is 12. The molecule has 0 heterocycles. The van der Waals surface area contributed by atoms with Crippen molar-refractivity contribution in [2.45, 2.75) is 291 Å². The molecule has 0 aromatic heterocycles. The minimum Gasteiger partial charge on any atom is -0.462 e. The van der Waals surface area contributed by atoms with E-state index in [4.69, 9.17) is 28.4 Å². The molecule has 4 aliphatic carbocycles. The van der Waals surface area contributed by atoms with Crippen molar-refractivity contribution < 1.29 is 57.2 Å². The van der Waals surface area contributed by atoms with Crippen LogP contribution in [-0.2, 0) is 52.4 Å². The Kier molecular flexibility index (Phi) is 30.5. The van der Waals surface area contributed by atoms with Crippen molar-refractivity contribution in [2.75, 3.05) is 20.0 Å². The van der Waals surface area contributed by atoms with E-state index >= 15 is 0 Å². The van der Waals surface area contributed by atoms with Crippen LogP contribution in [0.1, 0.15) is 279 Å². The van der Waals surface area contributed by atoms with Crippen LogP contribution < -0.4 is 0 Å². The molecule has 0 aromatic rings. The summed E-state index contributed by atoms with van der Waals surface area (Å²) in [6.07, 6.45) is 38.7. The number of allylic oxidation sites excluding steroid dienone is 1. The number of ketones is 1. The first kappa shape index (κ1) is 63.1. The van der Waals surface area contributed by atoms with Crippen molar-refractivity contribution in [1.82, 2.24) is 0 Å². The molecule has 424 valence electrons. The molecule has 0 aromatic carbocycles. The van der Waals surface area contributed by atoms with Gasteiger partial charge in [-0.25, -0.2) is 4.79 Å². The molecule has 0 saturated heterocycles. The highest BCUT2D eigenvalue weighted by molar-refractivity contribution is 5.91. The standard InChI is InChI=1S/C62H104O12/c1-6-8-10-12-14-16-18-20-22-24-26-28-30-32-56(64)69-45-51(46-70-57(65)33-31-29-27-25-23-21-19-17-15-13-11-9-7-2)73-59(67)43-48(3)42-58(66)71-47-72-60(68)74-55-37-36-53-52-35-34-49-44-50(63)38-40-61(49,4)54(52)39-41-62(53,55)5/h44,48,51-55H,6-43,45-47H2,1-5H3/t48?,52-,53-,54-,55-,61-,62-/m0/s1. The normalized spacial score (nSPS) is 23.5. The van der Waals surface area contributed by atoms with Crippen molar-refractivity contribution >= 4 is 35.8 Å². The Balaban J connectivity index is 1.12. The van der Waals surface area contributed by atoms with E-state index in [-0.39, 0.29) is 73.6 Å².